The van der Waals surface area contributed by atoms with E-state index < -0.39 is 23.9 Å². The van der Waals surface area contributed by atoms with Crippen LogP contribution in [0, 0.1) is 0 Å². The first-order valence-electron chi connectivity index (χ1n) is 17.4. The quantitative estimate of drug-likeness (QED) is 0.0765. The molecular weight excluding hydrogens is 632 g/mol. The lowest BCUT2D eigenvalue weighted by Crippen LogP contribution is -2.22. The maximum atomic E-state index is 12.5. The van der Waals surface area contributed by atoms with E-state index in [4.69, 9.17) is 18.9 Å². The minimum absolute atomic E-state index is 0.0592. The fourth-order valence-corrected chi connectivity index (χ4v) is 6.01. The molecule has 0 atom stereocenters. The van der Waals surface area contributed by atoms with Crippen molar-refractivity contribution in [1.29, 1.82) is 0 Å². The number of benzene rings is 3. The molecule has 8 heteroatoms. The van der Waals surface area contributed by atoms with Crippen LogP contribution in [0.5, 0.6) is 11.5 Å². The summed E-state index contributed by atoms with van der Waals surface area (Å²) < 4.78 is 21.8. The lowest BCUT2D eigenvalue weighted by atomic mass is 9.98. The molecule has 0 N–H and O–H groups in total. The second kappa shape index (κ2) is 18.0. The van der Waals surface area contributed by atoms with Crippen molar-refractivity contribution >= 4 is 36.0 Å². The lowest BCUT2D eigenvalue weighted by molar-refractivity contribution is -0.151. The third-order valence-electron chi connectivity index (χ3n) is 8.86. The second-order valence-corrected chi connectivity index (χ2v) is 12.9. The van der Waals surface area contributed by atoms with Crippen LogP contribution in [0.25, 0.3) is 23.3 Å². The number of hydrogen-bond acceptors (Lipinski definition) is 8. The van der Waals surface area contributed by atoms with Crippen LogP contribution < -0.4 is 9.47 Å². The van der Waals surface area contributed by atoms with Crippen LogP contribution in [0.15, 0.2) is 97.1 Å². The molecule has 2 saturated carbocycles. The van der Waals surface area contributed by atoms with Gasteiger partial charge in [-0.15, -0.1) is 0 Å². The van der Waals surface area contributed by atoms with Crippen LogP contribution in [0.3, 0.4) is 0 Å². The molecule has 0 bridgehead atoms. The van der Waals surface area contributed by atoms with Gasteiger partial charge in [0.05, 0.1) is 12.8 Å². The zero-order valence-corrected chi connectivity index (χ0v) is 28.4. The first-order chi connectivity index (χ1) is 24.2. The molecule has 0 aromatic heterocycles. The Morgan fingerprint density at radius 3 is 1.26 bits per heavy atom. The molecule has 3 aromatic rings. The van der Waals surface area contributed by atoms with Gasteiger partial charge in [-0.25, -0.2) is 9.59 Å². The number of esters is 4. The second-order valence-electron chi connectivity index (χ2n) is 12.9. The monoisotopic (exact) mass is 676 g/mol. The summed E-state index contributed by atoms with van der Waals surface area (Å²) in [6, 6.07) is 22.2. The van der Waals surface area contributed by atoms with Gasteiger partial charge in [0.15, 0.2) is 0 Å². The Kier molecular flexibility index (Phi) is 12.9. The molecule has 0 spiro atoms. The van der Waals surface area contributed by atoms with Gasteiger partial charge in [-0.05, 0) is 97.9 Å². The number of hydrogen-bond donors (Lipinski definition) is 0. The van der Waals surface area contributed by atoms with Crippen LogP contribution in [0.1, 0.15) is 88.2 Å². The van der Waals surface area contributed by atoms with E-state index >= 15 is 0 Å². The number of ether oxygens (including phenoxy) is 4. The first-order valence-corrected chi connectivity index (χ1v) is 17.4. The summed E-state index contributed by atoms with van der Waals surface area (Å²) in [5, 5.41) is 0. The van der Waals surface area contributed by atoms with Crippen molar-refractivity contribution in [2.24, 2.45) is 0 Å². The fourth-order valence-electron chi connectivity index (χ4n) is 6.01. The Labute approximate surface area is 293 Å². The average molecular weight is 677 g/mol. The Morgan fingerprint density at radius 2 is 0.860 bits per heavy atom. The smallest absolute Gasteiger partial charge is 0.339 e. The first kappa shape index (κ1) is 36.1. The van der Waals surface area contributed by atoms with Gasteiger partial charge in [-0.1, -0.05) is 86.7 Å². The molecule has 50 heavy (non-hydrogen) atoms. The van der Waals surface area contributed by atoms with Gasteiger partial charge in [-0.2, -0.15) is 0 Å². The summed E-state index contributed by atoms with van der Waals surface area (Å²) in [6.45, 7) is 7.43. The SMILES string of the molecule is C=C(CC(=O)OC1CCCCC1)C(=O)Oc1ccc(/C=C/c2ccc(-c3ccc(OC(=O)C(=C)CC(=O)OC4CCCCC4)cc3)cc2)cc1. The van der Waals surface area contributed by atoms with Gasteiger partial charge < -0.3 is 18.9 Å². The van der Waals surface area contributed by atoms with Crippen molar-refractivity contribution in [3.8, 4) is 22.6 Å². The fraction of sp³-hybridized carbons (Fsp3) is 0.333. The molecule has 5 rings (SSSR count). The van der Waals surface area contributed by atoms with E-state index in [1.807, 2.05) is 60.7 Å². The normalized spacial score (nSPS) is 15.2. The van der Waals surface area contributed by atoms with E-state index in [0.717, 1.165) is 86.5 Å². The maximum absolute atomic E-state index is 12.5. The summed E-state index contributed by atoms with van der Waals surface area (Å²) in [4.78, 5) is 49.4. The Hall–Kier alpha value is -5.24. The highest BCUT2D eigenvalue weighted by molar-refractivity contribution is 5.95. The molecule has 260 valence electrons. The van der Waals surface area contributed by atoms with Gasteiger partial charge in [0, 0.05) is 11.1 Å². The van der Waals surface area contributed by atoms with Gasteiger partial charge >= 0.3 is 23.9 Å². The Morgan fingerprint density at radius 1 is 0.520 bits per heavy atom. The molecule has 2 aliphatic rings. The molecule has 3 aromatic carbocycles. The van der Waals surface area contributed by atoms with Crippen LogP contribution in [-0.4, -0.2) is 36.1 Å². The highest BCUT2D eigenvalue weighted by Crippen LogP contribution is 2.26. The van der Waals surface area contributed by atoms with Crippen molar-refractivity contribution in [3.05, 3.63) is 108 Å². The van der Waals surface area contributed by atoms with Crippen molar-refractivity contribution in [2.45, 2.75) is 89.3 Å². The molecule has 2 fully saturated rings. The molecule has 0 heterocycles. The molecular formula is C42H44O8. The maximum Gasteiger partial charge on any atom is 0.339 e. The average Bonchev–Trinajstić information content (AvgIpc) is 3.12. The van der Waals surface area contributed by atoms with Crippen molar-refractivity contribution in [2.75, 3.05) is 0 Å². The van der Waals surface area contributed by atoms with E-state index in [1.54, 1.807) is 24.3 Å². The van der Waals surface area contributed by atoms with Crippen LogP contribution >= 0.6 is 0 Å². The largest absolute Gasteiger partial charge is 0.462 e. The van der Waals surface area contributed by atoms with Gasteiger partial charge in [0.1, 0.15) is 23.7 Å². The minimum Gasteiger partial charge on any atom is -0.462 e. The van der Waals surface area contributed by atoms with Crippen molar-refractivity contribution < 1.29 is 38.1 Å². The van der Waals surface area contributed by atoms with Crippen molar-refractivity contribution in [1.82, 2.24) is 0 Å². The zero-order chi connectivity index (χ0) is 35.3. The highest BCUT2D eigenvalue weighted by atomic mass is 16.6. The number of carbonyl (C=O) groups excluding carboxylic acids is 4. The third-order valence-corrected chi connectivity index (χ3v) is 8.86. The van der Waals surface area contributed by atoms with Crippen LogP contribution in [0.2, 0.25) is 0 Å². The molecule has 0 saturated heterocycles. The van der Waals surface area contributed by atoms with Crippen molar-refractivity contribution in [3.63, 3.8) is 0 Å². The number of carbonyl (C=O) groups is 4. The van der Waals surface area contributed by atoms with Gasteiger partial charge in [0.25, 0.3) is 0 Å². The van der Waals surface area contributed by atoms with Gasteiger partial charge in [0.2, 0.25) is 0 Å². The molecule has 0 aliphatic heterocycles. The Balaban J connectivity index is 1.05. The standard InChI is InChI=1S/C42H44O8/c1-29(27-39(43)47-35-9-5-3-6-10-35)41(45)49-37-23-17-32(18-24-37)14-13-31-15-19-33(20-16-31)34-21-25-38(26-22-34)50-42(46)30(2)28-40(44)48-36-11-7-4-8-12-36/h13-26,35-36H,1-12,27-28H2/b14-13+. The molecule has 0 unspecified atom stereocenters. The summed E-state index contributed by atoms with van der Waals surface area (Å²) in [6.07, 6.45) is 13.4. The van der Waals surface area contributed by atoms with Crippen LogP contribution in [0.4, 0.5) is 0 Å². The number of rotatable bonds is 13. The lowest BCUT2D eigenvalue weighted by Gasteiger charge is -2.21. The Bertz CT molecular complexity index is 1690. The topological polar surface area (TPSA) is 105 Å². The highest BCUT2D eigenvalue weighted by Gasteiger charge is 2.22. The molecule has 2 aliphatic carbocycles. The van der Waals surface area contributed by atoms with E-state index in [-0.39, 0.29) is 36.2 Å². The summed E-state index contributed by atoms with van der Waals surface area (Å²) in [5.41, 5.74) is 3.96. The molecule has 0 radical (unpaired) electrons. The zero-order valence-electron chi connectivity index (χ0n) is 28.4. The summed E-state index contributed by atoms with van der Waals surface area (Å²) in [7, 11) is 0. The predicted molar refractivity (Wildman–Crippen MR) is 192 cm³/mol. The minimum atomic E-state index is -0.654. The van der Waals surface area contributed by atoms with Crippen LogP contribution in [-0.2, 0) is 28.7 Å². The third kappa shape index (κ3) is 11.2. The molecule has 0 amide bonds. The summed E-state index contributed by atoms with van der Waals surface area (Å²) in [5.74, 6) is -1.48. The summed E-state index contributed by atoms with van der Waals surface area (Å²) >= 11 is 0. The van der Waals surface area contributed by atoms with E-state index in [1.165, 1.54) is 0 Å². The predicted octanol–water partition coefficient (Wildman–Crippen LogP) is 8.98. The van der Waals surface area contributed by atoms with E-state index in [9.17, 15) is 19.2 Å². The van der Waals surface area contributed by atoms with E-state index in [0.29, 0.717) is 11.5 Å². The molecule has 8 nitrogen and oxygen atoms in total. The van der Waals surface area contributed by atoms with Gasteiger partial charge in [-0.3, -0.25) is 9.59 Å². The van der Waals surface area contributed by atoms with E-state index in [2.05, 4.69) is 13.2 Å².